The quantitative estimate of drug-likeness (QED) is 0.0830. The molecule has 5 aliphatic rings. The standard InChI is InChI=1S/C51H90O5Si2/c1-15-16-17-18-23-44(52)51(32-33-51)45(54-46-24-19-20-34-53-46)29-31-49(8,9)43-28-27-42-39(22-21-30-50(42,43)10)26-25-38-35-40(55-57(11,12)47(2,3)4)37-41(36-38)56-58(13,14)48(5,6)7/h25-26,29,31,40-43,45-46H,15-24,27-28,30,32-37H2,1-14H3/b31-29+,39-26+/t40-,41-,42+,43-,45?,46?,50+/m1/s1. The Balaban J connectivity index is 1.35. The van der Waals surface area contributed by atoms with Gasteiger partial charge in [-0.1, -0.05) is 124 Å². The zero-order valence-electron chi connectivity index (χ0n) is 40.2. The first kappa shape index (κ1) is 48.2. The predicted octanol–water partition coefficient (Wildman–Crippen LogP) is 14.8. The number of hydrogen-bond acceptors (Lipinski definition) is 5. The van der Waals surface area contributed by atoms with E-state index in [2.05, 4.69) is 120 Å². The summed E-state index contributed by atoms with van der Waals surface area (Å²) in [5.74, 6) is 1.60. The van der Waals surface area contributed by atoms with Gasteiger partial charge in [0, 0.05) is 13.0 Å². The van der Waals surface area contributed by atoms with E-state index in [1.165, 1.54) is 50.5 Å². The lowest BCUT2D eigenvalue weighted by molar-refractivity contribution is -0.191. The second kappa shape index (κ2) is 18.9. The highest BCUT2D eigenvalue weighted by Gasteiger charge is 2.57. The van der Waals surface area contributed by atoms with Crippen LogP contribution in [0.4, 0.5) is 0 Å². The third-order valence-electron chi connectivity index (χ3n) is 16.7. The van der Waals surface area contributed by atoms with Crippen molar-refractivity contribution in [1.29, 1.82) is 0 Å². The summed E-state index contributed by atoms with van der Waals surface area (Å²) in [6, 6.07) is 0. The normalized spacial score (nSPS) is 31.1. The van der Waals surface area contributed by atoms with E-state index < -0.39 is 16.6 Å². The predicted molar refractivity (Wildman–Crippen MR) is 249 cm³/mol. The maximum atomic E-state index is 13.9. The molecule has 4 aliphatic carbocycles. The van der Waals surface area contributed by atoms with E-state index in [1.807, 2.05) is 0 Å². The summed E-state index contributed by atoms with van der Waals surface area (Å²) < 4.78 is 27.2. The molecule has 0 spiro atoms. The van der Waals surface area contributed by atoms with Gasteiger partial charge in [0.2, 0.25) is 0 Å². The zero-order valence-corrected chi connectivity index (χ0v) is 42.2. The number of unbranched alkanes of at least 4 members (excludes halogenated alkanes) is 3. The molecule has 4 saturated carbocycles. The lowest BCUT2D eigenvalue weighted by atomic mass is 9.57. The van der Waals surface area contributed by atoms with Gasteiger partial charge in [0.15, 0.2) is 22.9 Å². The van der Waals surface area contributed by atoms with Crippen molar-refractivity contribution in [3.63, 3.8) is 0 Å². The smallest absolute Gasteiger partial charge is 0.192 e. The molecule has 0 aromatic heterocycles. The van der Waals surface area contributed by atoms with Crippen LogP contribution in [0.3, 0.4) is 0 Å². The number of carbonyl (C=O) groups is 1. The highest BCUT2D eigenvalue weighted by molar-refractivity contribution is 6.74. The van der Waals surface area contributed by atoms with Gasteiger partial charge < -0.3 is 18.3 Å². The number of rotatable bonds is 17. The summed E-state index contributed by atoms with van der Waals surface area (Å²) in [7, 11) is -3.85. The van der Waals surface area contributed by atoms with Crippen molar-refractivity contribution in [3.8, 4) is 0 Å². The number of Topliss-reactive ketones (excluding diaryl/α,β-unsaturated/α-hetero) is 1. The van der Waals surface area contributed by atoms with Gasteiger partial charge in [-0.15, -0.1) is 0 Å². The number of ketones is 1. The molecule has 58 heavy (non-hydrogen) atoms. The average Bonchev–Trinajstić information content (AvgIpc) is 3.85. The van der Waals surface area contributed by atoms with Crippen molar-refractivity contribution in [2.45, 2.75) is 246 Å². The number of allylic oxidation sites excluding steroid dienone is 4. The zero-order chi connectivity index (χ0) is 42.8. The van der Waals surface area contributed by atoms with Crippen LogP contribution in [0.5, 0.6) is 0 Å². The molecule has 0 aromatic rings. The highest BCUT2D eigenvalue weighted by atomic mass is 28.4. The lowest BCUT2D eigenvalue weighted by Gasteiger charge is -2.47. The van der Waals surface area contributed by atoms with E-state index in [0.717, 1.165) is 70.8 Å². The third-order valence-corrected chi connectivity index (χ3v) is 25.8. The van der Waals surface area contributed by atoms with E-state index in [-0.39, 0.29) is 50.9 Å². The molecule has 7 atom stereocenters. The van der Waals surface area contributed by atoms with Gasteiger partial charge in [0.05, 0.1) is 23.7 Å². The lowest BCUT2D eigenvalue weighted by Crippen LogP contribution is -2.48. The molecule has 0 N–H and O–H groups in total. The minimum atomic E-state index is -1.93. The molecule has 5 fully saturated rings. The van der Waals surface area contributed by atoms with Crippen LogP contribution >= 0.6 is 0 Å². The molecule has 1 saturated heterocycles. The van der Waals surface area contributed by atoms with Crippen molar-refractivity contribution in [2.75, 3.05) is 6.61 Å². The summed E-state index contributed by atoms with van der Waals surface area (Å²) >= 11 is 0. The first-order valence-electron chi connectivity index (χ1n) is 24.2. The largest absolute Gasteiger partial charge is 0.414 e. The van der Waals surface area contributed by atoms with Crippen LogP contribution in [0, 0.1) is 28.1 Å². The Morgan fingerprint density at radius 3 is 2.02 bits per heavy atom. The van der Waals surface area contributed by atoms with Crippen molar-refractivity contribution in [2.24, 2.45) is 28.1 Å². The molecule has 7 heteroatoms. The molecule has 0 bridgehead atoms. The number of hydrogen-bond donors (Lipinski definition) is 0. The number of fused-ring (bicyclic) bond motifs is 1. The van der Waals surface area contributed by atoms with Crippen LogP contribution < -0.4 is 0 Å². The summed E-state index contributed by atoms with van der Waals surface area (Å²) in [4.78, 5) is 13.9. The van der Waals surface area contributed by atoms with Gasteiger partial charge >= 0.3 is 0 Å². The fraction of sp³-hybridized carbons (Fsp3) is 0.863. The summed E-state index contributed by atoms with van der Waals surface area (Å²) in [5.41, 5.74) is 3.06. The molecule has 1 aliphatic heterocycles. The van der Waals surface area contributed by atoms with Crippen LogP contribution in [0.1, 0.15) is 185 Å². The van der Waals surface area contributed by atoms with Gasteiger partial charge in [-0.05, 0) is 149 Å². The molecular weight excluding hydrogens is 749 g/mol. The molecule has 5 nitrogen and oxygen atoms in total. The molecule has 2 unspecified atom stereocenters. The van der Waals surface area contributed by atoms with Crippen LogP contribution in [0.15, 0.2) is 35.5 Å². The van der Waals surface area contributed by atoms with Crippen molar-refractivity contribution >= 4 is 22.4 Å². The minimum absolute atomic E-state index is 0.00825. The summed E-state index contributed by atoms with van der Waals surface area (Å²) in [6.45, 7) is 34.3. The van der Waals surface area contributed by atoms with E-state index >= 15 is 0 Å². The first-order chi connectivity index (χ1) is 26.9. The Kier molecular flexibility index (Phi) is 15.7. The van der Waals surface area contributed by atoms with Crippen LogP contribution in [-0.2, 0) is 23.1 Å². The molecular formula is C51H90O5Si2. The van der Waals surface area contributed by atoms with E-state index in [1.54, 1.807) is 5.57 Å². The summed E-state index contributed by atoms with van der Waals surface area (Å²) in [5, 5.41) is 0.367. The van der Waals surface area contributed by atoms with E-state index in [4.69, 9.17) is 18.3 Å². The van der Waals surface area contributed by atoms with Crippen molar-refractivity contribution < 1.29 is 23.1 Å². The van der Waals surface area contributed by atoms with E-state index in [9.17, 15) is 4.79 Å². The molecule has 5 rings (SSSR count). The fourth-order valence-corrected chi connectivity index (χ4v) is 13.7. The minimum Gasteiger partial charge on any atom is -0.414 e. The Bertz CT molecular complexity index is 1430. The summed E-state index contributed by atoms with van der Waals surface area (Å²) in [6.07, 6.45) is 29.5. The molecule has 1 heterocycles. The van der Waals surface area contributed by atoms with E-state index in [0.29, 0.717) is 24.0 Å². The monoisotopic (exact) mass is 839 g/mol. The highest BCUT2D eigenvalue weighted by Crippen LogP contribution is 2.63. The molecule has 332 valence electrons. The van der Waals surface area contributed by atoms with Gasteiger partial charge in [-0.25, -0.2) is 0 Å². The number of carbonyl (C=O) groups excluding carboxylic acids is 1. The maximum Gasteiger partial charge on any atom is 0.192 e. The first-order valence-corrected chi connectivity index (χ1v) is 30.0. The Hall–Kier alpha value is -0.836. The number of ether oxygens (including phenoxy) is 2. The average molecular weight is 839 g/mol. The van der Waals surface area contributed by atoms with Crippen LogP contribution in [0.2, 0.25) is 36.3 Å². The molecule has 0 aromatic carbocycles. The Labute approximate surface area is 360 Å². The molecule has 0 amide bonds. The second-order valence-electron chi connectivity index (χ2n) is 23.7. The van der Waals surface area contributed by atoms with Gasteiger partial charge in [0.25, 0.3) is 0 Å². The molecule has 0 radical (unpaired) electrons. The Morgan fingerprint density at radius 2 is 1.47 bits per heavy atom. The van der Waals surface area contributed by atoms with Crippen molar-refractivity contribution in [1.82, 2.24) is 0 Å². The van der Waals surface area contributed by atoms with Gasteiger partial charge in [-0.2, -0.15) is 0 Å². The fourth-order valence-electron chi connectivity index (χ4n) is 10.9. The second-order valence-corrected chi connectivity index (χ2v) is 33.2. The SMILES string of the molecule is CCCCCCC(=O)C1(C(/C=C/C(C)(C)[C@H]2CC[C@H]3/C(=C/C=C4C[C@@H](O[Si](C)(C)C(C)(C)C)C[C@H](O[Si](C)(C)C(C)(C)C)C4)CCC[C@]23C)OC2CCCCO2)CC1. The van der Waals surface area contributed by atoms with Crippen LogP contribution in [-0.4, -0.2) is 53.6 Å². The van der Waals surface area contributed by atoms with Crippen molar-refractivity contribution in [3.05, 3.63) is 35.5 Å². The van der Waals surface area contributed by atoms with Crippen LogP contribution in [0.25, 0.3) is 0 Å². The topological polar surface area (TPSA) is 54.0 Å². The third kappa shape index (κ3) is 11.4. The van der Waals surface area contributed by atoms with Gasteiger partial charge in [0.1, 0.15) is 5.78 Å². The van der Waals surface area contributed by atoms with Gasteiger partial charge in [-0.3, -0.25) is 4.79 Å². The Morgan fingerprint density at radius 1 is 0.828 bits per heavy atom. The maximum absolute atomic E-state index is 13.9.